The van der Waals surface area contributed by atoms with Crippen LogP contribution in [0.25, 0.3) is 0 Å². The Morgan fingerprint density at radius 3 is 2.94 bits per heavy atom. The molecule has 0 saturated carbocycles. The summed E-state index contributed by atoms with van der Waals surface area (Å²) in [6.07, 6.45) is 0.940. The van der Waals surface area contributed by atoms with E-state index >= 15 is 0 Å². The first-order chi connectivity index (χ1) is 7.72. The molecule has 1 rings (SSSR count). The minimum absolute atomic E-state index is 0.313. The molecule has 0 heterocycles. The van der Waals surface area contributed by atoms with E-state index in [2.05, 4.69) is 5.32 Å². The van der Waals surface area contributed by atoms with E-state index in [-0.39, 0.29) is 0 Å². The summed E-state index contributed by atoms with van der Waals surface area (Å²) in [7, 11) is 0. The number of benzene rings is 1. The van der Waals surface area contributed by atoms with Gasteiger partial charge in [0.05, 0.1) is 6.61 Å². The number of ether oxygens (including phenoxy) is 1. The lowest BCUT2D eigenvalue weighted by Gasteiger charge is -2.06. The Morgan fingerprint density at radius 2 is 2.25 bits per heavy atom. The van der Waals surface area contributed by atoms with Gasteiger partial charge in [0.25, 0.3) is 0 Å². The summed E-state index contributed by atoms with van der Waals surface area (Å²) in [5, 5.41) is 2.43. The van der Waals surface area contributed by atoms with E-state index in [1.54, 1.807) is 6.07 Å². The van der Waals surface area contributed by atoms with Crippen LogP contribution in [-0.2, 0) is 4.74 Å². The number of alkyl halides is 1. The van der Waals surface area contributed by atoms with Gasteiger partial charge in [0.2, 0.25) is 0 Å². The van der Waals surface area contributed by atoms with Gasteiger partial charge in [0.1, 0.15) is 5.82 Å². The molecule has 0 spiro atoms. The monoisotopic (exact) mass is 245 g/mol. The number of unbranched alkanes of at least 4 members (excludes halogenated alkanes) is 1. The second kappa shape index (κ2) is 7.06. The van der Waals surface area contributed by atoms with Crippen molar-refractivity contribution in [3.8, 4) is 0 Å². The molecule has 0 saturated heterocycles. The van der Waals surface area contributed by atoms with E-state index in [9.17, 15) is 9.18 Å². The van der Waals surface area contributed by atoms with Gasteiger partial charge in [-0.15, -0.1) is 11.6 Å². The van der Waals surface area contributed by atoms with Crippen LogP contribution in [0.1, 0.15) is 12.8 Å². The predicted molar refractivity (Wildman–Crippen MR) is 61.3 cm³/mol. The lowest BCUT2D eigenvalue weighted by Crippen LogP contribution is -2.14. The average Bonchev–Trinajstić information content (AvgIpc) is 2.24. The van der Waals surface area contributed by atoms with Gasteiger partial charge in [0.15, 0.2) is 0 Å². The van der Waals surface area contributed by atoms with Gasteiger partial charge in [-0.3, -0.25) is 5.32 Å². The summed E-state index contributed by atoms with van der Waals surface area (Å²) < 4.78 is 17.6. The van der Waals surface area contributed by atoms with Crippen LogP contribution in [-0.4, -0.2) is 18.6 Å². The summed E-state index contributed by atoms with van der Waals surface area (Å²) in [5.41, 5.74) is 0.377. The van der Waals surface area contributed by atoms with E-state index in [1.807, 2.05) is 0 Å². The van der Waals surface area contributed by atoms with Crippen molar-refractivity contribution in [1.82, 2.24) is 0 Å². The second-order valence-electron chi connectivity index (χ2n) is 3.17. The van der Waals surface area contributed by atoms with E-state index in [1.165, 1.54) is 18.2 Å². The highest BCUT2D eigenvalue weighted by molar-refractivity contribution is 6.17. The molecule has 0 aliphatic carbocycles. The number of nitrogens with one attached hydrogen (secondary N) is 1. The Kier molecular flexibility index (Phi) is 5.64. The molecule has 16 heavy (non-hydrogen) atoms. The van der Waals surface area contributed by atoms with Crippen LogP contribution in [0.3, 0.4) is 0 Å². The van der Waals surface area contributed by atoms with E-state index in [0.29, 0.717) is 18.2 Å². The zero-order valence-corrected chi connectivity index (χ0v) is 9.47. The van der Waals surface area contributed by atoms with Gasteiger partial charge < -0.3 is 4.74 Å². The number of anilines is 1. The van der Waals surface area contributed by atoms with Gasteiger partial charge in [0, 0.05) is 11.6 Å². The van der Waals surface area contributed by atoms with E-state index < -0.39 is 11.9 Å². The number of hydrogen-bond donors (Lipinski definition) is 1. The number of halogens is 2. The van der Waals surface area contributed by atoms with Gasteiger partial charge >= 0.3 is 6.09 Å². The van der Waals surface area contributed by atoms with Crippen LogP contribution >= 0.6 is 11.6 Å². The summed E-state index contributed by atoms with van der Waals surface area (Å²) in [4.78, 5) is 11.2. The van der Waals surface area contributed by atoms with Crippen LogP contribution in [0.4, 0.5) is 14.9 Å². The summed E-state index contributed by atoms with van der Waals surface area (Å²) >= 11 is 5.47. The molecule has 88 valence electrons. The third kappa shape index (κ3) is 4.98. The first-order valence-electron chi connectivity index (χ1n) is 4.97. The van der Waals surface area contributed by atoms with Crippen LogP contribution in [0.15, 0.2) is 24.3 Å². The molecule has 1 aromatic rings. The molecular formula is C11H13ClFNO2. The first kappa shape index (κ1) is 12.8. The highest BCUT2D eigenvalue weighted by Gasteiger charge is 2.03. The minimum atomic E-state index is -0.583. The Morgan fingerprint density at radius 1 is 1.44 bits per heavy atom. The molecule has 1 aromatic carbocycles. The minimum Gasteiger partial charge on any atom is -0.449 e. The number of amides is 1. The van der Waals surface area contributed by atoms with E-state index in [0.717, 1.165) is 12.8 Å². The fraction of sp³-hybridized carbons (Fsp3) is 0.364. The van der Waals surface area contributed by atoms with Crippen molar-refractivity contribution in [3.05, 3.63) is 30.1 Å². The Hall–Kier alpha value is -1.29. The molecule has 0 aromatic heterocycles. The Bertz CT molecular complexity index is 347. The average molecular weight is 246 g/mol. The largest absolute Gasteiger partial charge is 0.449 e. The van der Waals surface area contributed by atoms with Gasteiger partial charge in [-0.1, -0.05) is 6.07 Å². The quantitative estimate of drug-likeness (QED) is 0.638. The maximum absolute atomic E-state index is 12.8. The zero-order chi connectivity index (χ0) is 11.8. The molecule has 0 radical (unpaired) electrons. The summed E-state index contributed by atoms with van der Waals surface area (Å²) in [6.45, 7) is 0.313. The van der Waals surface area contributed by atoms with Gasteiger partial charge in [-0.2, -0.15) is 0 Å². The molecule has 3 nitrogen and oxygen atoms in total. The SMILES string of the molecule is O=C(Nc1cccc(F)c1)OCCCCCl. The highest BCUT2D eigenvalue weighted by atomic mass is 35.5. The van der Waals surface area contributed by atoms with Crippen molar-refractivity contribution >= 4 is 23.4 Å². The van der Waals surface area contributed by atoms with Crippen molar-refractivity contribution in [1.29, 1.82) is 0 Å². The number of carbonyl (C=O) groups excluding carboxylic acids is 1. The van der Waals surface area contributed by atoms with Crippen molar-refractivity contribution in [2.45, 2.75) is 12.8 Å². The van der Waals surface area contributed by atoms with Crippen molar-refractivity contribution in [3.63, 3.8) is 0 Å². The topological polar surface area (TPSA) is 38.3 Å². The fourth-order valence-electron chi connectivity index (χ4n) is 1.08. The fourth-order valence-corrected chi connectivity index (χ4v) is 1.27. The number of hydrogen-bond acceptors (Lipinski definition) is 2. The lowest BCUT2D eigenvalue weighted by atomic mass is 10.3. The molecular weight excluding hydrogens is 233 g/mol. The molecule has 0 aliphatic rings. The van der Waals surface area contributed by atoms with Gasteiger partial charge in [-0.25, -0.2) is 9.18 Å². The van der Waals surface area contributed by atoms with Crippen molar-refractivity contribution in [2.24, 2.45) is 0 Å². The van der Waals surface area contributed by atoms with Crippen LogP contribution in [0, 0.1) is 5.82 Å². The first-order valence-corrected chi connectivity index (χ1v) is 5.51. The molecule has 1 N–H and O–H groups in total. The lowest BCUT2D eigenvalue weighted by molar-refractivity contribution is 0.160. The Labute approximate surface area is 98.5 Å². The predicted octanol–water partition coefficient (Wildman–Crippen LogP) is 3.39. The van der Waals surface area contributed by atoms with Crippen molar-refractivity contribution in [2.75, 3.05) is 17.8 Å². The molecule has 0 unspecified atom stereocenters. The second-order valence-corrected chi connectivity index (χ2v) is 3.55. The molecule has 0 bridgehead atoms. The number of rotatable bonds is 5. The molecule has 0 atom stereocenters. The van der Waals surface area contributed by atoms with Crippen LogP contribution in [0.5, 0.6) is 0 Å². The number of carbonyl (C=O) groups is 1. The normalized spacial score (nSPS) is 9.88. The maximum atomic E-state index is 12.8. The van der Waals surface area contributed by atoms with Gasteiger partial charge in [-0.05, 0) is 31.0 Å². The molecule has 0 fully saturated rings. The summed E-state index contributed by atoms with van der Waals surface area (Å²) in [6, 6.07) is 5.62. The van der Waals surface area contributed by atoms with E-state index in [4.69, 9.17) is 16.3 Å². The highest BCUT2D eigenvalue weighted by Crippen LogP contribution is 2.09. The smallest absolute Gasteiger partial charge is 0.411 e. The Balaban J connectivity index is 2.29. The zero-order valence-electron chi connectivity index (χ0n) is 8.71. The van der Waals surface area contributed by atoms with Crippen LogP contribution in [0.2, 0.25) is 0 Å². The third-order valence-electron chi connectivity index (χ3n) is 1.83. The maximum Gasteiger partial charge on any atom is 0.411 e. The molecule has 0 aliphatic heterocycles. The molecule has 1 amide bonds. The third-order valence-corrected chi connectivity index (χ3v) is 2.10. The van der Waals surface area contributed by atoms with Crippen molar-refractivity contribution < 1.29 is 13.9 Å². The van der Waals surface area contributed by atoms with Crippen LogP contribution < -0.4 is 5.32 Å². The molecule has 5 heteroatoms. The standard InChI is InChI=1S/C11H13ClFNO2/c12-6-1-2-7-16-11(15)14-10-5-3-4-9(13)8-10/h3-5,8H,1-2,6-7H2,(H,14,15). The summed E-state index contributed by atoms with van der Waals surface area (Å²) in [5.74, 6) is 0.148.